The third-order valence-corrected chi connectivity index (χ3v) is 5.59. The minimum Gasteiger partial charge on any atom is -0.480 e. The molecule has 166 valence electrons. The Kier molecular flexibility index (Phi) is 7.88. The molecular weight excluding hydrogens is 461 g/mol. The normalized spacial score (nSPS) is 11.9. The lowest BCUT2D eigenvalue weighted by Gasteiger charge is -2.12. The van der Waals surface area contributed by atoms with Gasteiger partial charge >= 0.3 is 12.1 Å². The van der Waals surface area contributed by atoms with Crippen LogP contribution in [0.3, 0.4) is 0 Å². The van der Waals surface area contributed by atoms with E-state index in [0.717, 1.165) is 22.6 Å². The molecule has 0 atom stereocenters. The first-order valence-corrected chi connectivity index (χ1v) is 10.8. The van der Waals surface area contributed by atoms with Gasteiger partial charge in [0.05, 0.1) is 10.6 Å². The molecule has 1 N–H and O–H groups in total. The van der Waals surface area contributed by atoms with Gasteiger partial charge in [-0.2, -0.15) is 13.2 Å². The standard InChI is InChI=1S/C24H18ClF3O3S/c25-21-14-19(9-10-22(21)31-15-23(29)30)32-12-11-20(16-5-2-1-3-6-16)17-7-4-8-18(13-17)24(26,27)28/h1-11,13-14H,12,15H2,(H,29,30)/b20-11+. The van der Waals surface area contributed by atoms with E-state index in [-0.39, 0.29) is 10.8 Å². The first-order chi connectivity index (χ1) is 15.2. The third-order valence-electron chi connectivity index (χ3n) is 4.38. The predicted molar refractivity (Wildman–Crippen MR) is 120 cm³/mol. The summed E-state index contributed by atoms with van der Waals surface area (Å²) in [6, 6.07) is 19.5. The van der Waals surface area contributed by atoms with Gasteiger partial charge in [0.25, 0.3) is 0 Å². The predicted octanol–water partition coefficient (Wildman–Crippen LogP) is 7.05. The van der Waals surface area contributed by atoms with Crippen molar-refractivity contribution in [2.45, 2.75) is 11.1 Å². The number of alkyl halides is 3. The molecule has 3 rings (SSSR count). The molecule has 0 saturated carbocycles. The van der Waals surface area contributed by atoms with Gasteiger partial charge in [0.2, 0.25) is 0 Å². The summed E-state index contributed by atoms with van der Waals surface area (Å²) < 4.78 is 44.7. The van der Waals surface area contributed by atoms with Gasteiger partial charge < -0.3 is 9.84 Å². The van der Waals surface area contributed by atoms with Crippen LogP contribution >= 0.6 is 23.4 Å². The van der Waals surface area contributed by atoms with E-state index in [1.54, 1.807) is 24.3 Å². The molecule has 3 aromatic rings. The second kappa shape index (κ2) is 10.6. The Bertz CT molecular complexity index is 1110. The number of rotatable bonds is 8. The van der Waals surface area contributed by atoms with E-state index in [1.165, 1.54) is 17.8 Å². The van der Waals surface area contributed by atoms with Gasteiger partial charge in [0.1, 0.15) is 5.75 Å². The van der Waals surface area contributed by atoms with Crippen molar-refractivity contribution in [2.24, 2.45) is 0 Å². The summed E-state index contributed by atoms with van der Waals surface area (Å²) in [6.07, 6.45) is -2.55. The lowest BCUT2D eigenvalue weighted by molar-refractivity contribution is -0.139. The number of ether oxygens (including phenoxy) is 1. The summed E-state index contributed by atoms with van der Waals surface area (Å²) in [5.41, 5.74) is 1.27. The van der Waals surface area contributed by atoms with Crippen LogP contribution in [0.1, 0.15) is 16.7 Å². The van der Waals surface area contributed by atoms with Crippen LogP contribution in [0.25, 0.3) is 5.57 Å². The molecule has 0 bridgehead atoms. The smallest absolute Gasteiger partial charge is 0.416 e. The van der Waals surface area contributed by atoms with Crippen LogP contribution in [0.15, 0.2) is 83.8 Å². The fourth-order valence-corrected chi connectivity index (χ4v) is 4.04. The maximum absolute atomic E-state index is 13.2. The molecule has 0 unspecified atom stereocenters. The van der Waals surface area contributed by atoms with Crippen molar-refractivity contribution < 1.29 is 27.8 Å². The first kappa shape index (κ1) is 23.8. The zero-order chi connectivity index (χ0) is 23.1. The van der Waals surface area contributed by atoms with Crippen molar-refractivity contribution >= 4 is 34.9 Å². The van der Waals surface area contributed by atoms with Crippen LogP contribution in [0.2, 0.25) is 5.02 Å². The van der Waals surface area contributed by atoms with Crippen molar-refractivity contribution in [3.63, 3.8) is 0 Å². The Morgan fingerprint density at radius 1 is 1.00 bits per heavy atom. The lowest BCUT2D eigenvalue weighted by atomic mass is 9.96. The Labute approximate surface area is 192 Å². The molecule has 8 heteroatoms. The molecule has 0 fully saturated rings. The number of carboxylic acids is 1. The highest BCUT2D eigenvalue weighted by molar-refractivity contribution is 7.99. The number of carboxylic acid groups (broad SMARTS) is 1. The SMILES string of the molecule is O=C(O)COc1ccc(SC/C=C(\c2ccccc2)c2cccc(C(F)(F)F)c2)cc1Cl. The molecule has 0 radical (unpaired) electrons. The van der Waals surface area contributed by atoms with Crippen molar-refractivity contribution in [3.8, 4) is 5.75 Å². The van der Waals surface area contributed by atoms with Gasteiger partial charge in [-0.3, -0.25) is 0 Å². The van der Waals surface area contributed by atoms with Gasteiger partial charge in [-0.25, -0.2) is 4.79 Å². The fourth-order valence-electron chi connectivity index (χ4n) is 2.93. The van der Waals surface area contributed by atoms with Gasteiger partial charge in [-0.15, -0.1) is 11.8 Å². The number of halogens is 4. The number of benzene rings is 3. The topological polar surface area (TPSA) is 46.5 Å². The average Bonchev–Trinajstić information content (AvgIpc) is 2.76. The number of carbonyl (C=O) groups is 1. The minimum atomic E-state index is -4.42. The second-order valence-electron chi connectivity index (χ2n) is 6.65. The van der Waals surface area contributed by atoms with Crippen molar-refractivity contribution in [3.05, 3.63) is 101 Å². The molecule has 0 aliphatic carbocycles. The quantitative estimate of drug-likeness (QED) is 0.352. The molecule has 3 aromatic carbocycles. The van der Waals surface area contributed by atoms with Crippen molar-refractivity contribution in [2.75, 3.05) is 12.4 Å². The van der Waals surface area contributed by atoms with Gasteiger partial charge in [0.15, 0.2) is 6.61 Å². The van der Waals surface area contributed by atoms with Crippen molar-refractivity contribution in [1.29, 1.82) is 0 Å². The van der Waals surface area contributed by atoms with Crippen LogP contribution in [-0.4, -0.2) is 23.4 Å². The maximum atomic E-state index is 13.2. The van der Waals surface area contributed by atoms with E-state index in [1.807, 2.05) is 36.4 Å². The van der Waals surface area contributed by atoms with E-state index in [2.05, 4.69) is 0 Å². The highest BCUT2D eigenvalue weighted by Gasteiger charge is 2.30. The van der Waals surface area contributed by atoms with E-state index in [9.17, 15) is 18.0 Å². The molecule has 3 nitrogen and oxygen atoms in total. The van der Waals surface area contributed by atoms with Crippen LogP contribution in [0.5, 0.6) is 5.75 Å². The molecule has 0 spiro atoms. The Morgan fingerprint density at radius 2 is 1.72 bits per heavy atom. The van der Waals surface area contributed by atoms with E-state index < -0.39 is 24.3 Å². The Balaban J connectivity index is 1.82. The van der Waals surface area contributed by atoms with E-state index in [0.29, 0.717) is 16.9 Å². The van der Waals surface area contributed by atoms with Crippen LogP contribution < -0.4 is 4.74 Å². The van der Waals surface area contributed by atoms with Gasteiger partial charge in [0, 0.05) is 10.6 Å². The molecule has 0 aromatic heterocycles. The zero-order valence-electron chi connectivity index (χ0n) is 16.6. The molecule has 0 amide bonds. The van der Waals surface area contributed by atoms with Crippen molar-refractivity contribution in [1.82, 2.24) is 0 Å². The monoisotopic (exact) mass is 478 g/mol. The molecule has 0 aliphatic heterocycles. The first-order valence-electron chi connectivity index (χ1n) is 9.44. The summed E-state index contributed by atoms with van der Waals surface area (Å²) in [4.78, 5) is 11.4. The largest absolute Gasteiger partial charge is 0.480 e. The van der Waals surface area contributed by atoms with Crippen LogP contribution in [0, 0.1) is 0 Å². The number of aliphatic carboxylic acids is 1. The third kappa shape index (κ3) is 6.55. The summed E-state index contributed by atoms with van der Waals surface area (Å²) >= 11 is 7.59. The highest BCUT2D eigenvalue weighted by Crippen LogP contribution is 2.34. The molecule has 0 aliphatic rings. The Hall–Kier alpha value is -2.90. The second-order valence-corrected chi connectivity index (χ2v) is 8.15. The summed E-state index contributed by atoms with van der Waals surface area (Å²) in [5.74, 6) is -0.359. The van der Waals surface area contributed by atoms with Gasteiger partial charge in [-0.1, -0.05) is 60.1 Å². The maximum Gasteiger partial charge on any atom is 0.416 e. The number of hydrogen-bond acceptors (Lipinski definition) is 3. The summed E-state index contributed by atoms with van der Waals surface area (Å²) in [6.45, 7) is -0.494. The van der Waals surface area contributed by atoms with Crippen LogP contribution in [0.4, 0.5) is 13.2 Å². The van der Waals surface area contributed by atoms with Crippen LogP contribution in [-0.2, 0) is 11.0 Å². The molecule has 0 saturated heterocycles. The minimum absolute atomic E-state index is 0.267. The fraction of sp³-hybridized carbons (Fsp3) is 0.125. The lowest BCUT2D eigenvalue weighted by Crippen LogP contribution is -2.09. The Morgan fingerprint density at radius 3 is 2.38 bits per heavy atom. The van der Waals surface area contributed by atoms with E-state index in [4.69, 9.17) is 21.4 Å². The molecule has 0 heterocycles. The summed E-state index contributed by atoms with van der Waals surface area (Å²) in [7, 11) is 0. The number of thioether (sulfide) groups is 1. The zero-order valence-corrected chi connectivity index (χ0v) is 18.2. The highest BCUT2D eigenvalue weighted by atomic mass is 35.5. The molecule has 32 heavy (non-hydrogen) atoms. The van der Waals surface area contributed by atoms with Gasteiger partial charge in [-0.05, 0) is 47.0 Å². The number of hydrogen-bond donors (Lipinski definition) is 1. The average molecular weight is 479 g/mol. The molecular formula is C24H18ClF3O3S. The van der Waals surface area contributed by atoms with E-state index >= 15 is 0 Å². The summed E-state index contributed by atoms with van der Waals surface area (Å²) in [5, 5.41) is 8.98.